The molecule has 0 atom stereocenters. The zero-order chi connectivity index (χ0) is 22.1. The summed E-state index contributed by atoms with van der Waals surface area (Å²) in [5.74, 6) is -0.775. The number of carbonyl (C=O) groups excluding carboxylic acids is 2. The molecule has 3 aromatic rings. The van der Waals surface area contributed by atoms with E-state index < -0.39 is 5.91 Å². The van der Waals surface area contributed by atoms with Gasteiger partial charge in [-0.15, -0.1) is 0 Å². The number of amides is 2. The molecule has 1 aliphatic heterocycles. The van der Waals surface area contributed by atoms with E-state index in [0.717, 1.165) is 23.2 Å². The van der Waals surface area contributed by atoms with E-state index in [1.165, 1.54) is 10.5 Å². The summed E-state index contributed by atoms with van der Waals surface area (Å²) in [7, 11) is 0. The molecule has 0 aromatic heterocycles. The fourth-order valence-electron chi connectivity index (χ4n) is 3.63. The van der Waals surface area contributed by atoms with Gasteiger partial charge >= 0.3 is 0 Å². The highest BCUT2D eigenvalue weighted by Crippen LogP contribution is 2.35. The van der Waals surface area contributed by atoms with Crippen molar-refractivity contribution in [3.05, 3.63) is 99.7 Å². The number of benzene rings is 3. The molecule has 0 bridgehead atoms. The van der Waals surface area contributed by atoms with Crippen LogP contribution in [-0.2, 0) is 16.0 Å². The summed E-state index contributed by atoms with van der Waals surface area (Å²) < 4.78 is 0. The van der Waals surface area contributed by atoms with Crippen LogP contribution in [0.25, 0.3) is 5.57 Å². The first-order valence-corrected chi connectivity index (χ1v) is 10.6. The monoisotopic (exact) mass is 430 g/mol. The Morgan fingerprint density at radius 1 is 0.871 bits per heavy atom. The molecule has 156 valence electrons. The number of carbonyl (C=O) groups is 2. The summed E-state index contributed by atoms with van der Waals surface area (Å²) in [6, 6.07) is 20.4. The summed E-state index contributed by atoms with van der Waals surface area (Å²) in [4.78, 5) is 28.1. The van der Waals surface area contributed by atoms with Crippen molar-refractivity contribution in [1.29, 1.82) is 0 Å². The number of halogens is 1. The molecule has 0 radical (unpaired) electrons. The van der Waals surface area contributed by atoms with Crippen molar-refractivity contribution in [2.75, 3.05) is 10.2 Å². The Balaban J connectivity index is 1.82. The number of nitrogens with one attached hydrogen (secondary N) is 1. The van der Waals surface area contributed by atoms with Gasteiger partial charge in [-0.2, -0.15) is 0 Å². The second kappa shape index (κ2) is 8.40. The fourth-order valence-corrected chi connectivity index (χ4v) is 3.81. The van der Waals surface area contributed by atoms with Gasteiger partial charge in [-0.1, -0.05) is 54.9 Å². The molecule has 1 N–H and O–H groups in total. The zero-order valence-corrected chi connectivity index (χ0v) is 18.5. The van der Waals surface area contributed by atoms with Crippen molar-refractivity contribution in [3.63, 3.8) is 0 Å². The SMILES string of the molecule is CCc1ccc(NC2=C(c3ccc(C)c(C)c3)C(=O)N(c3cccc(Cl)c3)C2=O)cc1. The van der Waals surface area contributed by atoms with Gasteiger partial charge in [-0.3, -0.25) is 9.59 Å². The van der Waals surface area contributed by atoms with Crippen LogP contribution in [0.4, 0.5) is 11.4 Å². The Morgan fingerprint density at radius 2 is 1.61 bits per heavy atom. The molecule has 1 aliphatic rings. The molecule has 0 saturated heterocycles. The Kier molecular flexibility index (Phi) is 5.66. The topological polar surface area (TPSA) is 49.4 Å². The molecule has 0 fully saturated rings. The van der Waals surface area contributed by atoms with Crippen LogP contribution in [0.3, 0.4) is 0 Å². The zero-order valence-electron chi connectivity index (χ0n) is 17.7. The third-order valence-electron chi connectivity index (χ3n) is 5.58. The van der Waals surface area contributed by atoms with Crippen molar-refractivity contribution >= 4 is 40.4 Å². The number of hydrogen-bond acceptors (Lipinski definition) is 3. The van der Waals surface area contributed by atoms with E-state index >= 15 is 0 Å². The second-order valence-electron chi connectivity index (χ2n) is 7.65. The highest BCUT2D eigenvalue weighted by Gasteiger charge is 2.40. The maximum atomic E-state index is 13.5. The van der Waals surface area contributed by atoms with Gasteiger partial charge in [0.1, 0.15) is 5.70 Å². The molecule has 4 rings (SSSR count). The van der Waals surface area contributed by atoms with E-state index in [2.05, 4.69) is 12.2 Å². The van der Waals surface area contributed by atoms with Gasteiger partial charge in [0.2, 0.25) is 0 Å². The molecule has 0 saturated carbocycles. The molecule has 0 aliphatic carbocycles. The maximum absolute atomic E-state index is 13.5. The van der Waals surface area contributed by atoms with Crippen LogP contribution in [0.2, 0.25) is 5.02 Å². The first kappa shape index (κ1) is 20.9. The van der Waals surface area contributed by atoms with E-state index in [1.54, 1.807) is 24.3 Å². The predicted octanol–water partition coefficient (Wildman–Crippen LogP) is 5.92. The third-order valence-corrected chi connectivity index (χ3v) is 5.81. The van der Waals surface area contributed by atoms with Gasteiger partial charge in [0, 0.05) is 10.7 Å². The first-order valence-electron chi connectivity index (χ1n) is 10.2. The van der Waals surface area contributed by atoms with Crippen LogP contribution in [-0.4, -0.2) is 11.8 Å². The Labute approximate surface area is 187 Å². The van der Waals surface area contributed by atoms with E-state index in [0.29, 0.717) is 21.8 Å². The summed E-state index contributed by atoms with van der Waals surface area (Å²) in [5.41, 5.74) is 5.90. The minimum absolute atomic E-state index is 0.262. The quantitative estimate of drug-likeness (QED) is 0.511. The van der Waals surface area contributed by atoms with Crippen molar-refractivity contribution in [2.24, 2.45) is 0 Å². The molecule has 0 unspecified atom stereocenters. The van der Waals surface area contributed by atoms with Crippen LogP contribution in [0.15, 0.2) is 72.4 Å². The Bertz CT molecular complexity index is 1210. The molecule has 1 heterocycles. The summed E-state index contributed by atoms with van der Waals surface area (Å²) in [5, 5.41) is 3.66. The third kappa shape index (κ3) is 3.99. The van der Waals surface area contributed by atoms with Crippen molar-refractivity contribution in [1.82, 2.24) is 0 Å². The summed E-state index contributed by atoms with van der Waals surface area (Å²) in [6.07, 6.45) is 0.927. The minimum atomic E-state index is -0.403. The molecule has 4 nitrogen and oxygen atoms in total. The van der Waals surface area contributed by atoms with Crippen LogP contribution in [0, 0.1) is 13.8 Å². The van der Waals surface area contributed by atoms with Gasteiger partial charge < -0.3 is 5.32 Å². The molecular weight excluding hydrogens is 408 g/mol. The standard InChI is InChI=1S/C26H23ClN2O2/c1-4-18-9-12-21(13-10-18)28-24-23(19-11-8-16(2)17(3)14-19)25(30)29(26(24)31)22-7-5-6-20(27)15-22/h5-15,28H,4H2,1-3H3. The van der Waals surface area contributed by atoms with Crippen LogP contribution < -0.4 is 10.2 Å². The number of anilines is 2. The lowest BCUT2D eigenvalue weighted by atomic mass is 9.99. The Morgan fingerprint density at radius 3 is 2.26 bits per heavy atom. The fraction of sp³-hybridized carbons (Fsp3) is 0.154. The maximum Gasteiger partial charge on any atom is 0.282 e. The highest BCUT2D eigenvalue weighted by atomic mass is 35.5. The van der Waals surface area contributed by atoms with E-state index in [9.17, 15) is 9.59 Å². The first-order chi connectivity index (χ1) is 14.9. The number of rotatable bonds is 5. The average molecular weight is 431 g/mol. The normalized spacial score (nSPS) is 13.9. The van der Waals surface area contributed by atoms with Crippen LogP contribution in [0.5, 0.6) is 0 Å². The minimum Gasteiger partial charge on any atom is -0.350 e. The molecule has 2 amide bonds. The smallest absolute Gasteiger partial charge is 0.282 e. The Hall–Kier alpha value is -3.37. The summed E-state index contributed by atoms with van der Waals surface area (Å²) >= 11 is 6.13. The van der Waals surface area contributed by atoms with Gasteiger partial charge in [-0.25, -0.2) is 4.90 Å². The van der Waals surface area contributed by atoms with Crippen molar-refractivity contribution in [3.8, 4) is 0 Å². The lowest BCUT2D eigenvalue weighted by Gasteiger charge is -2.15. The van der Waals surface area contributed by atoms with Gasteiger partial charge in [0.05, 0.1) is 11.3 Å². The number of aryl methyl sites for hydroxylation is 3. The number of nitrogens with zero attached hydrogens (tertiary/aromatic N) is 1. The lowest BCUT2D eigenvalue weighted by molar-refractivity contribution is -0.120. The summed E-state index contributed by atoms with van der Waals surface area (Å²) in [6.45, 7) is 6.10. The largest absolute Gasteiger partial charge is 0.350 e. The highest BCUT2D eigenvalue weighted by molar-refractivity contribution is 6.46. The average Bonchev–Trinajstić information content (AvgIpc) is 3.00. The van der Waals surface area contributed by atoms with E-state index in [-0.39, 0.29) is 11.6 Å². The lowest BCUT2D eigenvalue weighted by Crippen LogP contribution is -2.32. The van der Waals surface area contributed by atoms with E-state index in [1.807, 2.05) is 56.3 Å². The number of hydrogen-bond donors (Lipinski definition) is 1. The van der Waals surface area contributed by atoms with Crippen molar-refractivity contribution in [2.45, 2.75) is 27.2 Å². The molecular formula is C26H23ClN2O2. The van der Waals surface area contributed by atoms with Gasteiger partial charge in [0.25, 0.3) is 11.8 Å². The van der Waals surface area contributed by atoms with Gasteiger partial charge in [-0.05, 0) is 72.9 Å². The van der Waals surface area contributed by atoms with Crippen LogP contribution >= 0.6 is 11.6 Å². The predicted molar refractivity (Wildman–Crippen MR) is 126 cm³/mol. The van der Waals surface area contributed by atoms with Crippen molar-refractivity contribution < 1.29 is 9.59 Å². The van der Waals surface area contributed by atoms with Gasteiger partial charge in [0.15, 0.2) is 0 Å². The molecule has 31 heavy (non-hydrogen) atoms. The van der Waals surface area contributed by atoms with E-state index in [4.69, 9.17) is 11.6 Å². The number of imide groups is 1. The molecule has 0 spiro atoms. The molecule has 5 heteroatoms. The second-order valence-corrected chi connectivity index (χ2v) is 8.09. The van der Waals surface area contributed by atoms with Crippen LogP contribution in [0.1, 0.15) is 29.2 Å². The molecule has 3 aromatic carbocycles.